The van der Waals surface area contributed by atoms with Crippen LogP contribution in [0.25, 0.3) is 0 Å². The van der Waals surface area contributed by atoms with Gasteiger partial charge in [-0.1, -0.05) is 24.3 Å². The van der Waals surface area contributed by atoms with Crippen LogP contribution < -0.4 is 5.32 Å². The van der Waals surface area contributed by atoms with Crippen LogP contribution in [0.2, 0.25) is 0 Å². The van der Waals surface area contributed by atoms with E-state index in [2.05, 4.69) is 10.4 Å². The highest BCUT2D eigenvalue weighted by molar-refractivity contribution is 5.92. The highest BCUT2D eigenvalue weighted by atomic mass is 16.3. The Kier molecular flexibility index (Phi) is 3.97. The maximum atomic E-state index is 12.0. The Balaban J connectivity index is 2.02. The monoisotopic (exact) mass is 259 g/mol. The maximum Gasteiger partial charge on any atom is 0.269 e. The largest absolute Gasteiger partial charge is 0.392 e. The van der Waals surface area contributed by atoms with Gasteiger partial charge in [-0.3, -0.25) is 9.48 Å². The number of nitrogens with one attached hydrogen (secondary N) is 1. The molecule has 0 radical (unpaired) electrons. The molecule has 1 amide bonds. The number of aliphatic hydroxyl groups is 1. The molecule has 0 saturated carbocycles. The van der Waals surface area contributed by atoms with E-state index in [9.17, 15) is 4.79 Å². The second-order valence-corrected chi connectivity index (χ2v) is 4.46. The zero-order valence-corrected chi connectivity index (χ0v) is 11.1. The van der Waals surface area contributed by atoms with Gasteiger partial charge in [0.05, 0.1) is 12.3 Å². The molecule has 5 nitrogen and oxygen atoms in total. The van der Waals surface area contributed by atoms with Crippen molar-refractivity contribution in [2.24, 2.45) is 7.05 Å². The number of rotatable bonds is 4. The van der Waals surface area contributed by atoms with Crippen molar-refractivity contribution in [3.05, 3.63) is 52.8 Å². The average molecular weight is 259 g/mol. The molecule has 0 unspecified atom stereocenters. The van der Waals surface area contributed by atoms with Crippen molar-refractivity contribution in [3.8, 4) is 0 Å². The zero-order valence-electron chi connectivity index (χ0n) is 11.1. The lowest BCUT2D eigenvalue weighted by molar-refractivity contribution is 0.0941. The van der Waals surface area contributed by atoms with E-state index in [1.165, 1.54) is 0 Å². The first-order valence-corrected chi connectivity index (χ1v) is 6.07. The molecule has 0 bridgehead atoms. The Morgan fingerprint density at radius 3 is 2.74 bits per heavy atom. The van der Waals surface area contributed by atoms with Crippen LogP contribution in [0.4, 0.5) is 0 Å². The average Bonchev–Trinajstić information content (AvgIpc) is 2.75. The highest BCUT2D eigenvalue weighted by Gasteiger charge is 2.11. The van der Waals surface area contributed by atoms with Crippen molar-refractivity contribution < 1.29 is 9.90 Å². The summed E-state index contributed by atoms with van der Waals surface area (Å²) in [5, 5.41) is 16.0. The molecular weight excluding hydrogens is 242 g/mol. The summed E-state index contributed by atoms with van der Waals surface area (Å²) < 4.78 is 1.56. The van der Waals surface area contributed by atoms with Gasteiger partial charge in [-0.2, -0.15) is 5.10 Å². The number of carbonyl (C=O) groups is 1. The number of nitrogens with zero attached hydrogens (tertiary/aromatic N) is 2. The van der Waals surface area contributed by atoms with Gasteiger partial charge in [0.1, 0.15) is 5.69 Å². The first-order valence-electron chi connectivity index (χ1n) is 6.07. The van der Waals surface area contributed by atoms with Crippen LogP contribution in [0.15, 0.2) is 30.3 Å². The highest BCUT2D eigenvalue weighted by Crippen LogP contribution is 2.06. The Morgan fingerprint density at radius 1 is 1.37 bits per heavy atom. The van der Waals surface area contributed by atoms with Gasteiger partial charge in [-0.25, -0.2) is 0 Å². The van der Waals surface area contributed by atoms with Crippen molar-refractivity contribution in [1.82, 2.24) is 15.1 Å². The fourth-order valence-corrected chi connectivity index (χ4v) is 1.93. The van der Waals surface area contributed by atoms with E-state index < -0.39 is 0 Å². The van der Waals surface area contributed by atoms with E-state index in [1.54, 1.807) is 17.8 Å². The lowest BCUT2D eigenvalue weighted by atomic mass is 10.1. The molecule has 0 atom stereocenters. The molecule has 2 rings (SSSR count). The van der Waals surface area contributed by atoms with Gasteiger partial charge in [0.2, 0.25) is 0 Å². The Labute approximate surface area is 111 Å². The number of carbonyl (C=O) groups excluding carboxylic acids is 1. The van der Waals surface area contributed by atoms with Crippen LogP contribution in [-0.4, -0.2) is 20.8 Å². The number of benzene rings is 1. The lowest BCUT2D eigenvalue weighted by Gasteiger charge is -2.06. The second-order valence-electron chi connectivity index (χ2n) is 4.46. The number of hydrogen-bond donors (Lipinski definition) is 2. The van der Waals surface area contributed by atoms with Crippen LogP contribution in [-0.2, 0) is 20.2 Å². The van der Waals surface area contributed by atoms with Crippen molar-refractivity contribution in [3.63, 3.8) is 0 Å². The molecule has 2 aromatic rings. The summed E-state index contributed by atoms with van der Waals surface area (Å²) in [5.41, 5.74) is 3.15. The molecule has 1 aromatic heterocycles. The smallest absolute Gasteiger partial charge is 0.269 e. The minimum Gasteiger partial charge on any atom is -0.392 e. The fourth-order valence-electron chi connectivity index (χ4n) is 1.93. The van der Waals surface area contributed by atoms with Gasteiger partial charge in [0.15, 0.2) is 0 Å². The normalized spacial score (nSPS) is 10.5. The summed E-state index contributed by atoms with van der Waals surface area (Å²) >= 11 is 0. The minimum atomic E-state index is -0.155. The number of aliphatic hydroxyl groups excluding tert-OH is 1. The van der Waals surface area contributed by atoms with Gasteiger partial charge in [0, 0.05) is 13.6 Å². The first kappa shape index (κ1) is 13.3. The van der Waals surface area contributed by atoms with Crippen molar-refractivity contribution >= 4 is 5.91 Å². The van der Waals surface area contributed by atoms with Gasteiger partial charge in [0.25, 0.3) is 5.91 Å². The molecule has 1 heterocycles. The van der Waals surface area contributed by atoms with Crippen LogP contribution in [0.5, 0.6) is 0 Å². The third-order valence-electron chi connectivity index (χ3n) is 2.86. The lowest BCUT2D eigenvalue weighted by Crippen LogP contribution is -2.25. The minimum absolute atomic E-state index is 0.00269. The molecule has 0 spiro atoms. The van der Waals surface area contributed by atoms with Gasteiger partial charge < -0.3 is 10.4 Å². The van der Waals surface area contributed by atoms with E-state index in [-0.39, 0.29) is 12.5 Å². The first-order chi connectivity index (χ1) is 9.10. The second kappa shape index (κ2) is 5.67. The topological polar surface area (TPSA) is 67.2 Å². The standard InChI is InChI=1S/C14H17N3O2/c1-10-6-13(17(2)16-10)14(19)15-8-11-4-3-5-12(7-11)9-18/h3-7,18H,8-9H2,1-2H3,(H,15,19). The Hall–Kier alpha value is -2.14. The van der Waals surface area contributed by atoms with Gasteiger partial charge in [-0.05, 0) is 24.1 Å². The number of hydrogen-bond acceptors (Lipinski definition) is 3. The molecule has 0 fully saturated rings. The molecule has 0 aliphatic rings. The molecule has 0 saturated heterocycles. The van der Waals surface area contributed by atoms with E-state index in [4.69, 9.17) is 5.11 Å². The van der Waals surface area contributed by atoms with Gasteiger partial charge >= 0.3 is 0 Å². The third kappa shape index (κ3) is 3.20. The van der Waals surface area contributed by atoms with E-state index in [1.807, 2.05) is 31.2 Å². The molecule has 1 aromatic carbocycles. The number of aromatic nitrogens is 2. The van der Waals surface area contributed by atoms with Crippen LogP contribution >= 0.6 is 0 Å². The van der Waals surface area contributed by atoms with Crippen molar-refractivity contribution in [2.75, 3.05) is 0 Å². The predicted molar refractivity (Wildman–Crippen MR) is 71.5 cm³/mol. The third-order valence-corrected chi connectivity index (χ3v) is 2.86. The predicted octanol–water partition coefficient (Wildman–Crippen LogP) is 1.15. The van der Waals surface area contributed by atoms with E-state index in [0.29, 0.717) is 12.2 Å². The Morgan fingerprint density at radius 2 is 2.11 bits per heavy atom. The zero-order chi connectivity index (χ0) is 13.8. The fraction of sp³-hybridized carbons (Fsp3) is 0.286. The molecule has 0 aliphatic heterocycles. The summed E-state index contributed by atoms with van der Waals surface area (Å²) in [6.45, 7) is 2.28. The summed E-state index contributed by atoms with van der Waals surface area (Å²) in [7, 11) is 1.74. The molecule has 2 N–H and O–H groups in total. The maximum absolute atomic E-state index is 12.0. The van der Waals surface area contributed by atoms with Crippen molar-refractivity contribution in [1.29, 1.82) is 0 Å². The molecule has 0 aliphatic carbocycles. The molecular formula is C14H17N3O2. The SMILES string of the molecule is Cc1cc(C(=O)NCc2cccc(CO)c2)n(C)n1. The number of aryl methyl sites for hydroxylation is 2. The quantitative estimate of drug-likeness (QED) is 0.865. The summed E-state index contributed by atoms with van der Waals surface area (Å²) in [6.07, 6.45) is 0. The molecule has 19 heavy (non-hydrogen) atoms. The Bertz CT molecular complexity index is 590. The van der Waals surface area contributed by atoms with Crippen molar-refractivity contribution in [2.45, 2.75) is 20.1 Å². The molecule has 5 heteroatoms. The summed E-state index contributed by atoms with van der Waals surface area (Å²) in [6, 6.07) is 9.24. The molecule has 100 valence electrons. The van der Waals surface area contributed by atoms with Crippen LogP contribution in [0.1, 0.15) is 27.3 Å². The van der Waals surface area contributed by atoms with Crippen LogP contribution in [0.3, 0.4) is 0 Å². The van der Waals surface area contributed by atoms with Crippen LogP contribution in [0, 0.1) is 6.92 Å². The summed E-state index contributed by atoms with van der Waals surface area (Å²) in [5.74, 6) is -0.155. The van der Waals surface area contributed by atoms with E-state index >= 15 is 0 Å². The summed E-state index contributed by atoms with van der Waals surface area (Å²) in [4.78, 5) is 12.0. The van der Waals surface area contributed by atoms with Gasteiger partial charge in [-0.15, -0.1) is 0 Å². The number of amides is 1. The van der Waals surface area contributed by atoms with E-state index in [0.717, 1.165) is 16.8 Å².